The number of aliphatic hydroxyl groups is 1. The highest BCUT2D eigenvalue weighted by atomic mass is 35.5. The molecule has 106 valence electrons. The summed E-state index contributed by atoms with van der Waals surface area (Å²) in [6.07, 6.45) is 3.87. The Morgan fingerprint density at radius 1 is 1.45 bits per heavy atom. The zero-order valence-electron chi connectivity index (χ0n) is 11.0. The number of nitrogens with zero attached hydrogens (tertiary/aromatic N) is 1. The first-order valence-electron chi connectivity index (χ1n) is 6.74. The molecule has 0 aromatic heterocycles. The topological polar surface area (TPSA) is 49.8 Å². The van der Waals surface area contributed by atoms with E-state index in [1.807, 2.05) is 12.1 Å². The molecule has 5 heteroatoms. The first-order valence-corrected chi connectivity index (χ1v) is 7.11. The molecule has 4 nitrogen and oxygen atoms in total. The second-order valence-electron chi connectivity index (χ2n) is 5.09. The lowest BCUT2D eigenvalue weighted by atomic mass is 10.1. The van der Waals surface area contributed by atoms with Gasteiger partial charge in [0.05, 0.1) is 12.2 Å². The van der Waals surface area contributed by atoms with Crippen molar-refractivity contribution >= 4 is 23.6 Å². The van der Waals surface area contributed by atoms with E-state index < -0.39 is 0 Å². The molecule has 1 aromatic rings. The number of amides is 1. The fourth-order valence-corrected chi connectivity index (χ4v) is 2.58. The van der Waals surface area contributed by atoms with Crippen molar-refractivity contribution in [3.05, 3.63) is 34.4 Å². The maximum atomic E-state index is 12.5. The minimum absolute atomic E-state index is 0.0151. The summed E-state index contributed by atoms with van der Waals surface area (Å²) < 4.78 is 5.60. The molecule has 1 saturated carbocycles. The molecule has 0 saturated heterocycles. The summed E-state index contributed by atoms with van der Waals surface area (Å²) in [5, 5.41) is 9.71. The summed E-state index contributed by atoms with van der Waals surface area (Å²) in [5.74, 6) is 0.693. The van der Waals surface area contributed by atoms with E-state index in [1.165, 1.54) is 0 Å². The molecule has 0 bridgehead atoms. The standard InChI is InChI=1S/C15H16ClNO3/c16-12-1-4-14-10(8-12)7-11(9-20-14)15(19)17(5-6-18)13-2-3-13/h1,4,7-8,13,18H,2-3,5-6,9H2. The molecule has 3 rings (SSSR count). The van der Waals surface area contributed by atoms with Crippen LogP contribution >= 0.6 is 11.6 Å². The van der Waals surface area contributed by atoms with Crippen LogP contribution in [0.2, 0.25) is 5.02 Å². The van der Waals surface area contributed by atoms with Crippen LogP contribution in [-0.4, -0.2) is 41.7 Å². The van der Waals surface area contributed by atoms with Gasteiger partial charge in [-0.05, 0) is 37.1 Å². The lowest BCUT2D eigenvalue weighted by Gasteiger charge is -2.25. The summed E-state index contributed by atoms with van der Waals surface area (Å²) in [7, 11) is 0. The molecule has 1 fully saturated rings. The summed E-state index contributed by atoms with van der Waals surface area (Å²) >= 11 is 5.96. The second-order valence-corrected chi connectivity index (χ2v) is 5.53. The van der Waals surface area contributed by atoms with Crippen molar-refractivity contribution in [1.29, 1.82) is 0 Å². The van der Waals surface area contributed by atoms with Crippen molar-refractivity contribution in [3.63, 3.8) is 0 Å². The molecular formula is C15H16ClNO3. The lowest BCUT2D eigenvalue weighted by molar-refractivity contribution is -0.128. The van der Waals surface area contributed by atoms with Gasteiger partial charge in [-0.3, -0.25) is 4.79 Å². The van der Waals surface area contributed by atoms with Crippen LogP contribution in [0.5, 0.6) is 5.75 Å². The maximum absolute atomic E-state index is 12.5. The van der Waals surface area contributed by atoms with Crippen molar-refractivity contribution < 1.29 is 14.6 Å². The van der Waals surface area contributed by atoms with Gasteiger partial charge in [-0.25, -0.2) is 0 Å². The summed E-state index contributed by atoms with van der Waals surface area (Å²) in [5.41, 5.74) is 1.44. The Labute approximate surface area is 122 Å². The molecule has 0 radical (unpaired) electrons. The summed E-state index contributed by atoms with van der Waals surface area (Å²) in [6, 6.07) is 5.64. The van der Waals surface area contributed by atoms with Crippen molar-refractivity contribution in [1.82, 2.24) is 4.90 Å². The van der Waals surface area contributed by atoms with Crippen LogP contribution < -0.4 is 4.74 Å². The van der Waals surface area contributed by atoms with Crippen LogP contribution in [0.15, 0.2) is 23.8 Å². The third kappa shape index (κ3) is 2.67. The van der Waals surface area contributed by atoms with Gasteiger partial charge in [-0.1, -0.05) is 11.6 Å². The van der Waals surface area contributed by atoms with Gasteiger partial charge in [-0.15, -0.1) is 0 Å². The zero-order chi connectivity index (χ0) is 14.1. The van der Waals surface area contributed by atoms with Crippen LogP contribution in [0, 0.1) is 0 Å². The molecular weight excluding hydrogens is 278 g/mol. The Kier molecular flexibility index (Phi) is 3.68. The molecule has 1 amide bonds. The molecule has 0 atom stereocenters. The van der Waals surface area contributed by atoms with Crippen LogP contribution in [0.25, 0.3) is 6.08 Å². The fraction of sp³-hybridized carbons (Fsp3) is 0.400. The predicted octanol–water partition coefficient (Wildman–Crippen LogP) is 2.10. The Hall–Kier alpha value is -1.52. The van der Waals surface area contributed by atoms with Crippen molar-refractivity contribution in [2.75, 3.05) is 19.8 Å². The molecule has 1 aromatic carbocycles. The number of rotatable bonds is 4. The highest BCUT2D eigenvalue weighted by molar-refractivity contribution is 6.30. The van der Waals surface area contributed by atoms with Gasteiger partial charge in [0, 0.05) is 23.2 Å². The van der Waals surface area contributed by atoms with Crippen LogP contribution in [0.4, 0.5) is 0 Å². The zero-order valence-corrected chi connectivity index (χ0v) is 11.8. The SMILES string of the molecule is O=C(C1=Cc2cc(Cl)ccc2OC1)N(CCO)C1CC1. The number of benzene rings is 1. The fourth-order valence-electron chi connectivity index (χ4n) is 2.40. The Morgan fingerprint density at radius 3 is 2.95 bits per heavy atom. The minimum Gasteiger partial charge on any atom is -0.488 e. The van der Waals surface area contributed by atoms with E-state index in [2.05, 4.69) is 0 Å². The average molecular weight is 294 g/mol. The predicted molar refractivity (Wildman–Crippen MR) is 76.7 cm³/mol. The van der Waals surface area contributed by atoms with E-state index in [-0.39, 0.29) is 25.2 Å². The van der Waals surface area contributed by atoms with E-state index in [0.717, 1.165) is 24.2 Å². The number of hydrogen-bond acceptors (Lipinski definition) is 3. The smallest absolute Gasteiger partial charge is 0.253 e. The summed E-state index contributed by atoms with van der Waals surface area (Å²) in [4.78, 5) is 14.2. The van der Waals surface area contributed by atoms with Gasteiger partial charge >= 0.3 is 0 Å². The third-order valence-electron chi connectivity index (χ3n) is 3.55. The first-order chi connectivity index (χ1) is 9.69. The minimum atomic E-state index is -0.0489. The van der Waals surface area contributed by atoms with Crippen LogP contribution in [0.1, 0.15) is 18.4 Å². The average Bonchev–Trinajstić information content (AvgIpc) is 3.27. The maximum Gasteiger partial charge on any atom is 0.253 e. The second kappa shape index (κ2) is 5.46. The summed E-state index contributed by atoms with van der Waals surface area (Å²) in [6.45, 7) is 0.629. The van der Waals surface area contributed by atoms with E-state index >= 15 is 0 Å². The molecule has 0 unspecified atom stereocenters. The van der Waals surface area contributed by atoms with Crippen molar-refractivity contribution in [2.24, 2.45) is 0 Å². The van der Waals surface area contributed by atoms with Gasteiger partial charge in [0.1, 0.15) is 12.4 Å². The number of carbonyl (C=O) groups is 1. The highest BCUT2D eigenvalue weighted by Gasteiger charge is 2.34. The number of hydrogen-bond donors (Lipinski definition) is 1. The molecule has 0 spiro atoms. The molecule has 2 aliphatic rings. The van der Waals surface area contributed by atoms with Gasteiger partial charge in [0.2, 0.25) is 0 Å². The third-order valence-corrected chi connectivity index (χ3v) is 3.78. The van der Waals surface area contributed by atoms with E-state index in [9.17, 15) is 4.79 Å². The van der Waals surface area contributed by atoms with Gasteiger partial charge in [0.25, 0.3) is 5.91 Å². The Balaban J connectivity index is 1.85. The molecule has 1 aliphatic heterocycles. The van der Waals surface area contributed by atoms with Crippen molar-refractivity contribution in [2.45, 2.75) is 18.9 Å². The lowest BCUT2D eigenvalue weighted by Crippen LogP contribution is -2.38. The van der Waals surface area contributed by atoms with E-state index in [4.69, 9.17) is 21.4 Å². The number of aliphatic hydroxyl groups excluding tert-OH is 1. The molecule has 1 N–H and O–H groups in total. The van der Waals surface area contributed by atoms with E-state index in [1.54, 1.807) is 17.0 Å². The van der Waals surface area contributed by atoms with Gasteiger partial charge in [-0.2, -0.15) is 0 Å². The largest absolute Gasteiger partial charge is 0.488 e. The molecule has 1 heterocycles. The van der Waals surface area contributed by atoms with Gasteiger partial charge in [0.15, 0.2) is 0 Å². The van der Waals surface area contributed by atoms with Crippen LogP contribution in [-0.2, 0) is 4.79 Å². The molecule has 20 heavy (non-hydrogen) atoms. The first kappa shape index (κ1) is 13.5. The quantitative estimate of drug-likeness (QED) is 0.925. The molecule has 1 aliphatic carbocycles. The van der Waals surface area contributed by atoms with E-state index in [0.29, 0.717) is 17.1 Å². The number of halogens is 1. The van der Waals surface area contributed by atoms with Gasteiger partial charge < -0.3 is 14.7 Å². The number of ether oxygens (including phenoxy) is 1. The Morgan fingerprint density at radius 2 is 2.25 bits per heavy atom. The number of fused-ring (bicyclic) bond motifs is 1. The van der Waals surface area contributed by atoms with Crippen molar-refractivity contribution in [3.8, 4) is 5.75 Å². The monoisotopic (exact) mass is 293 g/mol. The highest BCUT2D eigenvalue weighted by Crippen LogP contribution is 2.32. The van der Waals surface area contributed by atoms with Crippen LogP contribution in [0.3, 0.4) is 0 Å². The number of carbonyl (C=O) groups excluding carboxylic acids is 1. The normalized spacial score (nSPS) is 17.0. The Bertz CT molecular complexity index is 566.